The first-order chi connectivity index (χ1) is 5.25. The normalized spacial score (nSPS) is 17.3. The SMILES string of the molecule is Cc1cc(C)n(CC2CC2)n1. The number of rotatable bonds is 2. The van der Waals surface area contributed by atoms with Gasteiger partial charge in [-0.15, -0.1) is 0 Å². The van der Waals surface area contributed by atoms with Crippen LogP contribution in [0.1, 0.15) is 24.2 Å². The standard InChI is InChI=1S/C9H14N2/c1-7-5-8(2)11(10-7)6-9-3-4-9/h5,9H,3-4,6H2,1-2H3. The van der Waals surface area contributed by atoms with E-state index in [1.165, 1.54) is 18.5 Å². The van der Waals surface area contributed by atoms with Crippen molar-refractivity contribution in [3.8, 4) is 0 Å². The molecule has 0 radical (unpaired) electrons. The molecule has 0 saturated heterocycles. The molecule has 1 aliphatic rings. The molecule has 1 saturated carbocycles. The first-order valence-corrected chi connectivity index (χ1v) is 4.27. The Hall–Kier alpha value is -0.790. The molecule has 1 aromatic rings. The van der Waals surface area contributed by atoms with Gasteiger partial charge < -0.3 is 0 Å². The third kappa shape index (κ3) is 1.44. The summed E-state index contributed by atoms with van der Waals surface area (Å²) in [6, 6.07) is 2.14. The predicted octanol–water partition coefficient (Wildman–Crippen LogP) is 1.91. The largest absolute Gasteiger partial charge is 0.269 e. The third-order valence-electron chi connectivity index (χ3n) is 2.23. The van der Waals surface area contributed by atoms with Gasteiger partial charge in [0.15, 0.2) is 0 Å². The Balaban J connectivity index is 2.14. The van der Waals surface area contributed by atoms with Crippen LogP contribution in [0.3, 0.4) is 0 Å². The van der Waals surface area contributed by atoms with Crippen molar-refractivity contribution in [2.45, 2.75) is 33.2 Å². The molecule has 1 heterocycles. The van der Waals surface area contributed by atoms with Crippen molar-refractivity contribution < 1.29 is 0 Å². The van der Waals surface area contributed by atoms with Crippen LogP contribution >= 0.6 is 0 Å². The van der Waals surface area contributed by atoms with Gasteiger partial charge in [-0.25, -0.2) is 0 Å². The molecule has 0 aliphatic heterocycles. The first-order valence-electron chi connectivity index (χ1n) is 4.27. The molecule has 0 atom stereocenters. The van der Waals surface area contributed by atoms with E-state index < -0.39 is 0 Å². The third-order valence-corrected chi connectivity index (χ3v) is 2.23. The van der Waals surface area contributed by atoms with E-state index in [2.05, 4.69) is 29.7 Å². The summed E-state index contributed by atoms with van der Waals surface area (Å²) in [6.45, 7) is 5.32. The van der Waals surface area contributed by atoms with Crippen molar-refractivity contribution in [3.05, 3.63) is 17.5 Å². The van der Waals surface area contributed by atoms with Gasteiger partial charge in [0.25, 0.3) is 0 Å². The Morgan fingerprint density at radius 1 is 1.55 bits per heavy atom. The molecule has 2 nitrogen and oxygen atoms in total. The first kappa shape index (κ1) is 6.89. The topological polar surface area (TPSA) is 17.8 Å². The van der Waals surface area contributed by atoms with E-state index >= 15 is 0 Å². The smallest absolute Gasteiger partial charge is 0.0596 e. The van der Waals surface area contributed by atoms with Gasteiger partial charge in [0.1, 0.15) is 0 Å². The zero-order valence-corrected chi connectivity index (χ0v) is 7.17. The highest BCUT2D eigenvalue weighted by molar-refractivity contribution is 5.06. The highest BCUT2D eigenvalue weighted by atomic mass is 15.3. The van der Waals surface area contributed by atoms with Gasteiger partial charge >= 0.3 is 0 Å². The molecular formula is C9H14N2. The zero-order valence-electron chi connectivity index (χ0n) is 7.17. The van der Waals surface area contributed by atoms with Gasteiger partial charge in [0, 0.05) is 12.2 Å². The summed E-state index contributed by atoms with van der Waals surface area (Å²) in [5.74, 6) is 0.924. The second kappa shape index (κ2) is 2.36. The maximum Gasteiger partial charge on any atom is 0.0596 e. The number of nitrogens with zero attached hydrogens (tertiary/aromatic N) is 2. The molecule has 1 aromatic heterocycles. The Bertz CT molecular complexity index is 259. The minimum atomic E-state index is 0.924. The van der Waals surface area contributed by atoms with E-state index in [9.17, 15) is 0 Å². The number of aryl methyl sites for hydroxylation is 2. The summed E-state index contributed by atoms with van der Waals surface area (Å²) < 4.78 is 2.13. The molecule has 60 valence electrons. The summed E-state index contributed by atoms with van der Waals surface area (Å²) in [6.07, 6.45) is 2.80. The van der Waals surface area contributed by atoms with E-state index in [0.29, 0.717) is 0 Å². The van der Waals surface area contributed by atoms with Gasteiger partial charge in [-0.3, -0.25) is 4.68 Å². The minimum Gasteiger partial charge on any atom is -0.269 e. The molecule has 0 aromatic carbocycles. The maximum atomic E-state index is 4.41. The fraction of sp³-hybridized carbons (Fsp3) is 0.667. The Kier molecular flexibility index (Phi) is 1.48. The van der Waals surface area contributed by atoms with Gasteiger partial charge in [0.05, 0.1) is 5.69 Å². The van der Waals surface area contributed by atoms with E-state index in [1.54, 1.807) is 0 Å². The Morgan fingerprint density at radius 2 is 2.27 bits per heavy atom. The lowest BCUT2D eigenvalue weighted by Crippen LogP contribution is -2.03. The number of hydrogen-bond donors (Lipinski definition) is 0. The second-order valence-electron chi connectivity index (χ2n) is 3.55. The van der Waals surface area contributed by atoms with Crippen LogP contribution in [0.4, 0.5) is 0 Å². The molecule has 0 N–H and O–H groups in total. The van der Waals surface area contributed by atoms with Crippen LogP contribution in [0.25, 0.3) is 0 Å². The molecule has 0 bridgehead atoms. The molecule has 2 rings (SSSR count). The van der Waals surface area contributed by atoms with Crippen LogP contribution < -0.4 is 0 Å². The van der Waals surface area contributed by atoms with Crippen molar-refractivity contribution in [2.24, 2.45) is 5.92 Å². The van der Waals surface area contributed by atoms with Crippen molar-refractivity contribution in [1.29, 1.82) is 0 Å². The highest BCUT2D eigenvalue weighted by Gasteiger charge is 2.22. The van der Waals surface area contributed by atoms with Crippen molar-refractivity contribution in [3.63, 3.8) is 0 Å². The van der Waals surface area contributed by atoms with Crippen molar-refractivity contribution in [1.82, 2.24) is 9.78 Å². The van der Waals surface area contributed by atoms with Crippen LogP contribution in [-0.2, 0) is 6.54 Å². The molecule has 0 spiro atoms. The van der Waals surface area contributed by atoms with Crippen molar-refractivity contribution >= 4 is 0 Å². The maximum absolute atomic E-state index is 4.41. The summed E-state index contributed by atoms with van der Waals surface area (Å²) in [7, 11) is 0. The fourth-order valence-electron chi connectivity index (χ4n) is 1.40. The van der Waals surface area contributed by atoms with Gasteiger partial charge in [-0.2, -0.15) is 5.10 Å². The molecule has 1 aliphatic carbocycles. The second-order valence-corrected chi connectivity index (χ2v) is 3.55. The van der Waals surface area contributed by atoms with Crippen LogP contribution in [0.15, 0.2) is 6.07 Å². The van der Waals surface area contributed by atoms with Crippen LogP contribution in [0.2, 0.25) is 0 Å². The lowest BCUT2D eigenvalue weighted by Gasteiger charge is -2.00. The molecule has 0 amide bonds. The fourth-order valence-corrected chi connectivity index (χ4v) is 1.40. The molecule has 11 heavy (non-hydrogen) atoms. The minimum absolute atomic E-state index is 0.924. The van der Waals surface area contributed by atoms with Crippen LogP contribution in [-0.4, -0.2) is 9.78 Å². The van der Waals surface area contributed by atoms with E-state index in [0.717, 1.165) is 18.2 Å². The molecule has 1 fully saturated rings. The summed E-state index contributed by atoms with van der Waals surface area (Å²) in [5, 5.41) is 4.41. The Morgan fingerprint density at radius 3 is 2.73 bits per heavy atom. The lowest BCUT2D eigenvalue weighted by atomic mass is 10.4. The predicted molar refractivity (Wildman–Crippen MR) is 44.4 cm³/mol. The van der Waals surface area contributed by atoms with Crippen LogP contribution in [0.5, 0.6) is 0 Å². The zero-order chi connectivity index (χ0) is 7.84. The van der Waals surface area contributed by atoms with E-state index in [4.69, 9.17) is 0 Å². The van der Waals surface area contributed by atoms with E-state index in [1.807, 2.05) is 0 Å². The molecular weight excluding hydrogens is 136 g/mol. The number of hydrogen-bond acceptors (Lipinski definition) is 1. The molecule has 0 unspecified atom stereocenters. The highest BCUT2D eigenvalue weighted by Crippen LogP contribution is 2.30. The monoisotopic (exact) mass is 150 g/mol. The summed E-state index contributed by atoms with van der Waals surface area (Å²) >= 11 is 0. The summed E-state index contributed by atoms with van der Waals surface area (Å²) in [5.41, 5.74) is 2.44. The van der Waals surface area contributed by atoms with Crippen LogP contribution in [0, 0.1) is 19.8 Å². The van der Waals surface area contributed by atoms with E-state index in [-0.39, 0.29) is 0 Å². The lowest BCUT2D eigenvalue weighted by molar-refractivity contribution is 0.547. The Labute approximate surface area is 67.2 Å². The van der Waals surface area contributed by atoms with Crippen molar-refractivity contribution in [2.75, 3.05) is 0 Å². The average Bonchev–Trinajstić information content (AvgIpc) is 2.64. The van der Waals surface area contributed by atoms with Gasteiger partial charge in [-0.1, -0.05) is 0 Å². The quantitative estimate of drug-likeness (QED) is 0.629. The van der Waals surface area contributed by atoms with Gasteiger partial charge in [0.2, 0.25) is 0 Å². The average molecular weight is 150 g/mol. The number of aromatic nitrogens is 2. The molecule has 2 heteroatoms. The summed E-state index contributed by atoms with van der Waals surface area (Å²) in [4.78, 5) is 0. The van der Waals surface area contributed by atoms with Gasteiger partial charge in [-0.05, 0) is 38.7 Å².